The first-order valence-electron chi connectivity index (χ1n) is 10.2. The van der Waals surface area contributed by atoms with Gasteiger partial charge in [-0.2, -0.15) is 0 Å². The molecule has 0 unspecified atom stereocenters. The van der Waals surface area contributed by atoms with Crippen LogP contribution in [0.2, 0.25) is 5.15 Å². The molecular weight excluding hydrogens is 447 g/mol. The van der Waals surface area contributed by atoms with Gasteiger partial charge in [0.1, 0.15) is 11.0 Å². The summed E-state index contributed by atoms with van der Waals surface area (Å²) in [6, 6.07) is 11.9. The molecule has 0 saturated heterocycles. The van der Waals surface area contributed by atoms with Crippen LogP contribution < -0.4 is 16.2 Å². The zero-order valence-electron chi connectivity index (χ0n) is 17.4. The lowest BCUT2D eigenvalue weighted by Crippen LogP contribution is -2.33. The zero-order valence-corrected chi connectivity index (χ0v) is 18.2. The van der Waals surface area contributed by atoms with Crippen LogP contribution in [0.3, 0.4) is 0 Å². The summed E-state index contributed by atoms with van der Waals surface area (Å²) in [6.07, 6.45) is 3.62. The zero-order chi connectivity index (χ0) is 23.5. The van der Waals surface area contributed by atoms with E-state index in [0.717, 1.165) is 5.57 Å². The summed E-state index contributed by atoms with van der Waals surface area (Å²) >= 11 is 5.77. The van der Waals surface area contributed by atoms with Crippen molar-refractivity contribution in [1.29, 1.82) is 0 Å². The van der Waals surface area contributed by atoms with Crippen LogP contribution in [0, 0.1) is 17.7 Å². The fraction of sp³-hybridized carbons (Fsp3) is 0.167. The number of benzene rings is 1. The summed E-state index contributed by atoms with van der Waals surface area (Å²) in [5, 5.41) is 5.60. The summed E-state index contributed by atoms with van der Waals surface area (Å²) in [6.45, 7) is 3.92. The highest BCUT2D eigenvalue weighted by Crippen LogP contribution is 2.37. The molecule has 168 valence electrons. The van der Waals surface area contributed by atoms with Crippen molar-refractivity contribution in [3.8, 4) is 5.69 Å². The quantitative estimate of drug-likeness (QED) is 0.435. The first-order chi connectivity index (χ1) is 15.8. The highest BCUT2D eigenvalue weighted by atomic mass is 35.5. The van der Waals surface area contributed by atoms with E-state index in [4.69, 9.17) is 11.6 Å². The van der Waals surface area contributed by atoms with Crippen molar-refractivity contribution in [2.45, 2.75) is 12.8 Å². The molecule has 2 heterocycles. The fourth-order valence-corrected chi connectivity index (χ4v) is 3.96. The summed E-state index contributed by atoms with van der Waals surface area (Å²) in [4.78, 5) is 41.6. The molecule has 4 rings (SSSR count). The molecule has 2 N–H and O–H groups in total. The van der Waals surface area contributed by atoms with Crippen LogP contribution in [0.5, 0.6) is 0 Å². The minimum atomic E-state index is -0.700. The number of nitrogens with one attached hydrogen (secondary N) is 2. The number of nitrogens with zero attached hydrogens (tertiary/aromatic N) is 2. The molecule has 33 heavy (non-hydrogen) atoms. The maximum atomic E-state index is 14.7. The SMILES string of the molecule is C=C1C[C@H](C(=O)Nc2ccc(Cl)nc2)[C@@H](C(=O)Nc2ccc(-n3ccccc3=O)cc2F)C1. The van der Waals surface area contributed by atoms with E-state index in [9.17, 15) is 18.8 Å². The second kappa shape index (κ2) is 9.38. The van der Waals surface area contributed by atoms with Crippen molar-refractivity contribution in [3.05, 3.63) is 94.4 Å². The average Bonchev–Trinajstić information content (AvgIpc) is 3.19. The molecule has 1 fully saturated rings. The highest BCUT2D eigenvalue weighted by molar-refractivity contribution is 6.29. The lowest BCUT2D eigenvalue weighted by atomic mass is 9.94. The van der Waals surface area contributed by atoms with E-state index < -0.39 is 23.6 Å². The van der Waals surface area contributed by atoms with Gasteiger partial charge >= 0.3 is 0 Å². The number of aromatic nitrogens is 2. The van der Waals surface area contributed by atoms with E-state index in [-0.39, 0.29) is 17.2 Å². The van der Waals surface area contributed by atoms with Crippen LogP contribution in [0.15, 0.2) is 77.9 Å². The molecule has 3 aromatic rings. The first kappa shape index (κ1) is 22.4. The number of carbonyl (C=O) groups excluding carboxylic acids is 2. The third-order valence-electron chi connectivity index (χ3n) is 5.48. The van der Waals surface area contributed by atoms with Gasteiger partial charge in [0, 0.05) is 18.3 Å². The van der Waals surface area contributed by atoms with Gasteiger partial charge in [-0.1, -0.05) is 29.8 Å². The molecule has 1 saturated carbocycles. The van der Waals surface area contributed by atoms with Crippen LogP contribution in [0.1, 0.15) is 12.8 Å². The van der Waals surface area contributed by atoms with E-state index in [0.29, 0.717) is 29.4 Å². The highest BCUT2D eigenvalue weighted by Gasteiger charge is 2.39. The molecule has 2 amide bonds. The van der Waals surface area contributed by atoms with E-state index >= 15 is 0 Å². The van der Waals surface area contributed by atoms with Crippen LogP contribution in [0.4, 0.5) is 15.8 Å². The van der Waals surface area contributed by atoms with Gasteiger partial charge in [-0.05, 0) is 43.2 Å². The Morgan fingerprint density at radius 3 is 2.42 bits per heavy atom. The van der Waals surface area contributed by atoms with Crippen LogP contribution >= 0.6 is 11.6 Å². The normalized spacial score (nSPS) is 17.6. The van der Waals surface area contributed by atoms with Gasteiger partial charge in [0.05, 0.1) is 35.1 Å². The minimum Gasteiger partial charge on any atom is -0.324 e. The van der Waals surface area contributed by atoms with Gasteiger partial charge in [-0.3, -0.25) is 19.0 Å². The molecule has 0 radical (unpaired) electrons. The largest absolute Gasteiger partial charge is 0.324 e. The first-order valence-corrected chi connectivity index (χ1v) is 10.6. The summed E-state index contributed by atoms with van der Waals surface area (Å²) in [5.74, 6) is -2.88. The number of anilines is 2. The molecule has 9 heteroatoms. The maximum Gasteiger partial charge on any atom is 0.255 e. The summed E-state index contributed by atoms with van der Waals surface area (Å²) < 4.78 is 16.0. The van der Waals surface area contributed by atoms with Gasteiger partial charge in [-0.15, -0.1) is 0 Å². The van der Waals surface area contributed by atoms with E-state index in [1.54, 1.807) is 24.3 Å². The minimum absolute atomic E-state index is 0.0358. The molecule has 0 spiro atoms. The Balaban J connectivity index is 1.49. The summed E-state index contributed by atoms with van der Waals surface area (Å²) in [7, 11) is 0. The molecule has 0 bridgehead atoms. The van der Waals surface area contributed by atoms with Crippen molar-refractivity contribution >= 4 is 34.8 Å². The number of carbonyl (C=O) groups is 2. The molecule has 0 aliphatic heterocycles. The van der Waals surface area contributed by atoms with Crippen LogP contribution in [0.25, 0.3) is 5.69 Å². The van der Waals surface area contributed by atoms with Gasteiger partial charge in [0.15, 0.2) is 0 Å². The van der Waals surface area contributed by atoms with Crippen molar-refractivity contribution < 1.29 is 14.0 Å². The second-order valence-corrected chi connectivity index (χ2v) is 8.18. The number of rotatable bonds is 5. The Bertz CT molecular complexity index is 1290. The number of hydrogen-bond donors (Lipinski definition) is 2. The van der Waals surface area contributed by atoms with Gasteiger partial charge in [0.25, 0.3) is 5.56 Å². The Labute approximate surface area is 193 Å². The third kappa shape index (κ3) is 5.01. The Morgan fingerprint density at radius 2 is 1.79 bits per heavy atom. The smallest absolute Gasteiger partial charge is 0.255 e. The van der Waals surface area contributed by atoms with Crippen LogP contribution in [-0.4, -0.2) is 21.4 Å². The van der Waals surface area contributed by atoms with Crippen molar-refractivity contribution in [1.82, 2.24) is 9.55 Å². The number of pyridine rings is 2. The lowest BCUT2D eigenvalue weighted by Gasteiger charge is -2.19. The molecule has 1 aliphatic rings. The average molecular weight is 467 g/mol. The monoisotopic (exact) mass is 466 g/mol. The Hall–Kier alpha value is -3.78. The van der Waals surface area contributed by atoms with Gasteiger partial charge in [-0.25, -0.2) is 9.37 Å². The number of amides is 2. The van der Waals surface area contributed by atoms with Crippen molar-refractivity contribution in [3.63, 3.8) is 0 Å². The second-order valence-electron chi connectivity index (χ2n) is 7.79. The van der Waals surface area contributed by atoms with Gasteiger partial charge in [0.2, 0.25) is 11.8 Å². The molecule has 7 nitrogen and oxygen atoms in total. The molecule has 2 aromatic heterocycles. The van der Waals surface area contributed by atoms with Crippen LogP contribution in [-0.2, 0) is 9.59 Å². The van der Waals surface area contributed by atoms with E-state index in [1.807, 2.05) is 0 Å². The molecular formula is C24H20ClFN4O3. The van der Waals surface area contributed by atoms with E-state index in [2.05, 4.69) is 22.2 Å². The third-order valence-corrected chi connectivity index (χ3v) is 5.71. The Kier molecular flexibility index (Phi) is 6.37. The number of halogens is 2. The molecule has 2 atom stereocenters. The predicted molar refractivity (Wildman–Crippen MR) is 124 cm³/mol. The van der Waals surface area contributed by atoms with Crippen molar-refractivity contribution in [2.75, 3.05) is 10.6 Å². The maximum absolute atomic E-state index is 14.7. The summed E-state index contributed by atoms with van der Waals surface area (Å²) in [5.41, 5.74) is 1.22. The molecule has 1 aliphatic carbocycles. The van der Waals surface area contributed by atoms with Crippen molar-refractivity contribution in [2.24, 2.45) is 11.8 Å². The fourth-order valence-electron chi connectivity index (χ4n) is 3.85. The number of allylic oxidation sites excluding steroid dienone is 1. The standard InChI is InChI=1S/C24H20ClFN4O3/c1-14-10-17(23(32)28-15-5-8-21(25)27-13-15)18(11-14)24(33)29-20-7-6-16(12-19(20)26)30-9-3-2-4-22(30)31/h2-9,12-13,17-18H,1,10-11H2,(H,28,32)(H,29,33)/t17-,18-/m0/s1. The van der Waals surface area contributed by atoms with Gasteiger partial charge < -0.3 is 10.6 Å². The predicted octanol–water partition coefficient (Wildman–Crippen LogP) is 4.18. The topological polar surface area (TPSA) is 93.1 Å². The lowest BCUT2D eigenvalue weighted by molar-refractivity contribution is -0.128. The Morgan fingerprint density at radius 1 is 1.06 bits per heavy atom. The number of hydrogen-bond acceptors (Lipinski definition) is 4. The molecule has 1 aromatic carbocycles. The van der Waals surface area contributed by atoms with E-state index in [1.165, 1.54) is 41.2 Å².